The minimum atomic E-state index is -0.370. The number of benzene rings is 1. The number of aromatic nitrogens is 2. The van der Waals surface area contributed by atoms with Gasteiger partial charge in [0.1, 0.15) is 0 Å². The first-order valence-electron chi connectivity index (χ1n) is 8.98. The number of fused-ring (bicyclic) bond motifs is 1. The number of nitrogens with one attached hydrogen (secondary N) is 1. The summed E-state index contributed by atoms with van der Waals surface area (Å²) in [5.41, 5.74) is 4.41. The van der Waals surface area contributed by atoms with Gasteiger partial charge < -0.3 is 9.64 Å². The molecule has 142 valence electrons. The summed E-state index contributed by atoms with van der Waals surface area (Å²) < 4.78 is 6.91. The number of carbonyl (C=O) groups is 1. The lowest BCUT2D eigenvalue weighted by atomic mass is 9.89. The normalized spacial score (nSPS) is 13.4. The SMILES string of the molecule is CC(C)C(=O)n1[nH]c(C(C)(C)C)c(C=C=C2Oc3ccccc3N2C)c1=O. The zero-order valence-electron chi connectivity index (χ0n) is 16.6. The van der Waals surface area contributed by atoms with Crippen LogP contribution in [-0.2, 0) is 5.41 Å². The number of nitrogens with zero attached hydrogens (tertiary/aromatic N) is 2. The molecular formula is C21H25N3O3. The maximum absolute atomic E-state index is 12.9. The molecular weight excluding hydrogens is 342 g/mol. The summed E-state index contributed by atoms with van der Waals surface area (Å²) in [5.74, 6) is 0.689. The molecule has 2 heterocycles. The van der Waals surface area contributed by atoms with Crippen molar-refractivity contribution in [3.05, 3.63) is 57.5 Å². The van der Waals surface area contributed by atoms with Crippen LogP contribution in [0.5, 0.6) is 5.75 Å². The molecule has 1 aliphatic rings. The number of hydrogen-bond donors (Lipinski definition) is 1. The van der Waals surface area contributed by atoms with Gasteiger partial charge in [0.05, 0.1) is 16.9 Å². The Labute approximate surface area is 158 Å². The lowest BCUT2D eigenvalue weighted by Crippen LogP contribution is -2.28. The maximum atomic E-state index is 12.9. The first kappa shape index (κ1) is 18.8. The molecule has 3 rings (SSSR count). The van der Waals surface area contributed by atoms with E-state index >= 15 is 0 Å². The predicted octanol–water partition coefficient (Wildman–Crippen LogP) is 3.75. The molecule has 0 fully saturated rings. The van der Waals surface area contributed by atoms with Crippen molar-refractivity contribution < 1.29 is 9.53 Å². The first-order valence-corrected chi connectivity index (χ1v) is 8.98. The molecule has 1 N–H and O–H groups in total. The topological polar surface area (TPSA) is 67.3 Å². The van der Waals surface area contributed by atoms with Crippen LogP contribution in [0.1, 0.15) is 50.7 Å². The standard InChI is InChI=1S/C21H25N3O3/c1-13(2)19(25)24-20(26)14(18(22-24)21(3,4)5)11-12-17-23(6)15-9-7-8-10-16(15)27-17/h7-11,13,22H,1-6H3. The van der Waals surface area contributed by atoms with E-state index in [9.17, 15) is 9.59 Å². The van der Waals surface area contributed by atoms with E-state index in [1.807, 2.05) is 57.0 Å². The second kappa shape index (κ2) is 6.63. The van der Waals surface area contributed by atoms with Crippen molar-refractivity contribution >= 4 is 17.7 Å². The van der Waals surface area contributed by atoms with E-state index in [0.29, 0.717) is 17.1 Å². The smallest absolute Gasteiger partial charge is 0.281 e. The molecule has 2 aromatic rings. The van der Waals surface area contributed by atoms with Crippen molar-refractivity contribution in [2.24, 2.45) is 5.92 Å². The molecule has 0 saturated carbocycles. The van der Waals surface area contributed by atoms with E-state index in [1.165, 1.54) is 0 Å². The number of rotatable bonds is 2. The van der Waals surface area contributed by atoms with Crippen LogP contribution in [0.2, 0.25) is 0 Å². The average molecular weight is 367 g/mol. The van der Waals surface area contributed by atoms with Gasteiger partial charge in [-0.1, -0.05) is 52.5 Å². The molecule has 0 spiro atoms. The molecule has 0 amide bonds. The van der Waals surface area contributed by atoms with Crippen LogP contribution in [0.15, 0.2) is 40.7 Å². The highest BCUT2D eigenvalue weighted by molar-refractivity contribution is 5.80. The average Bonchev–Trinajstić information content (AvgIpc) is 3.10. The second-order valence-corrected chi connectivity index (χ2v) is 8.01. The molecule has 6 heteroatoms. The van der Waals surface area contributed by atoms with Gasteiger partial charge in [0.15, 0.2) is 5.75 Å². The molecule has 1 aliphatic heterocycles. The van der Waals surface area contributed by atoms with Crippen molar-refractivity contribution in [2.75, 3.05) is 11.9 Å². The molecule has 6 nitrogen and oxygen atoms in total. The highest BCUT2D eigenvalue weighted by Gasteiger charge is 2.27. The van der Waals surface area contributed by atoms with Crippen molar-refractivity contribution in [3.8, 4) is 5.75 Å². The largest absolute Gasteiger partial charge is 0.432 e. The summed E-state index contributed by atoms with van der Waals surface area (Å²) in [4.78, 5) is 27.1. The van der Waals surface area contributed by atoms with E-state index in [4.69, 9.17) is 4.74 Å². The summed E-state index contributed by atoms with van der Waals surface area (Å²) in [6.45, 7) is 9.49. The van der Waals surface area contributed by atoms with E-state index < -0.39 is 0 Å². The van der Waals surface area contributed by atoms with Crippen LogP contribution >= 0.6 is 0 Å². The Hall–Kier alpha value is -2.98. The summed E-state index contributed by atoms with van der Waals surface area (Å²) >= 11 is 0. The zero-order chi connectivity index (χ0) is 19.9. The number of aromatic amines is 1. The number of ether oxygens (including phenoxy) is 1. The monoisotopic (exact) mass is 367 g/mol. The van der Waals surface area contributed by atoms with Crippen molar-refractivity contribution in [2.45, 2.75) is 40.0 Å². The van der Waals surface area contributed by atoms with Gasteiger partial charge in [-0.2, -0.15) is 4.68 Å². The third-order valence-electron chi connectivity index (χ3n) is 4.47. The van der Waals surface area contributed by atoms with E-state index in [-0.39, 0.29) is 22.8 Å². The minimum Gasteiger partial charge on any atom is -0.432 e. The number of hydrogen-bond acceptors (Lipinski definition) is 4. The van der Waals surface area contributed by atoms with Gasteiger partial charge >= 0.3 is 0 Å². The van der Waals surface area contributed by atoms with Crippen LogP contribution in [0, 0.1) is 5.92 Å². The van der Waals surface area contributed by atoms with Gasteiger partial charge in [0.25, 0.3) is 11.5 Å². The molecule has 0 unspecified atom stereocenters. The van der Waals surface area contributed by atoms with Crippen LogP contribution in [0.3, 0.4) is 0 Å². The van der Waals surface area contributed by atoms with Crippen molar-refractivity contribution in [1.82, 2.24) is 9.78 Å². The summed E-state index contributed by atoms with van der Waals surface area (Å²) in [6.07, 6.45) is 1.60. The molecule has 0 aliphatic carbocycles. The Morgan fingerprint density at radius 1 is 1.26 bits per heavy atom. The third-order valence-corrected chi connectivity index (χ3v) is 4.47. The predicted molar refractivity (Wildman–Crippen MR) is 106 cm³/mol. The van der Waals surface area contributed by atoms with Gasteiger partial charge in [-0.05, 0) is 12.1 Å². The molecule has 0 saturated heterocycles. The molecule has 1 aromatic carbocycles. The Kier molecular flexibility index (Phi) is 4.62. The molecule has 27 heavy (non-hydrogen) atoms. The van der Waals surface area contributed by atoms with Gasteiger partial charge in [-0.3, -0.25) is 14.7 Å². The van der Waals surface area contributed by atoms with Crippen LogP contribution < -0.4 is 15.2 Å². The van der Waals surface area contributed by atoms with E-state index in [2.05, 4.69) is 10.8 Å². The fourth-order valence-corrected chi connectivity index (χ4v) is 2.93. The number of carbonyl (C=O) groups excluding carboxylic acids is 1. The number of H-pyrrole nitrogens is 1. The van der Waals surface area contributed by atoms with Gasteiger partial charge in [-0.25, -0.2) is 0 Å². The Morgan fingerprint density at radius 2 is 1.93 bits per heavy atom. The van der Waals surface area contributed by atoms with E-state index in [1.54, 1.807) is 19.9 Å². The molecule has 1 aromatic heterocycles. The van der Waals surface area contributed by atoms with Gasteiger partial charge in [-0.15, -0.1) is 0 Å². The molecule has 0 bridgehead atoms. The minimum absolute atomic E-state index is 0.264. The van der Waals surface area contributed by atoms with Gasteiger partial charge in [0.2, 0.25) is 5.88 Å². The number of anilines is 1. The van der Waals surface area contributed by atoms with Gasteiger partial charge in [0, 0.05) is 24.5 Å². The highest BCUT2D eigenvalue weighted by Crippen LogP contribution is 2.36. The van der Waals surface area contributed by atoms with E-state index in [0.717, 1.165) is 16.1 Å². The van der Waals surface area contributed by atoms with Crippen LogP contribution in [0.25, 0.3) is 6.08 Å². The fraction of sp³-hybridized carbons (Fsp3) is 0.381. The fourth-order valence-electron chi connectivity index (χ4n) is 2.93. The lowest BCUT2D eigenvalue weighted by molar-refractivity contribution is 0.0833. The second-order valence-electron chi connectivity index (χ2n) is 8.01. The first-order chi connectivity index (χ1) is 12.6. The lowest BCUT2D eigenvalue weighted by Gasteiger charge is -2.17. The molecule has 0 atom stereocenters. The maximum Gasteiger partial charge on any atom is 0.281 e. The van der Waals surface area contributed by atoms with Crippen molar-refractivity contribution in [1.29, 1.82) is 0 Å². The highest BCUT2D eigenvalue weighted by atomic mass is 16.5. The third kappa shape index (κ3) is 3.36. The number of para-hydroxylation sites is 2. The van der Waals surface area contributed by atoms with Crippen LogP contribution in [0.4, 0.5) is 5.69 Å². The summed E-state index contributed by atoms with van der Waals surface area (Å²) in [6, 6.07) is 7.67. The molecule has 0 radical (unpaired) electrons. The Balaban J connectivity index is 2.11. The van der Waals surface area contributed by atoms with Crippen LogP contribution in [-0.4, -0.2) is 22.7 Å². The summed E-state index contributed by atoms with van der Waals surface area (Å²) in [7, 11) is 1.88. The van der Waals surface area contributed by atoms with Crippen molar-refractivity contribution in [3.63, 3.8) is 0 Å². The Bertz CT molecular complexity index is 1010. The quantitative estimate of drug-likeness (QED) is 0.821. The zero-order valence-corrected chi connectivity index (χ0v) is 16.6. The summed E-state index contributed by atoms with van der Waals surface area (Å²) in [5, 5.41) is 2.99. The Morgan fingerprint density at radius 3 is 2.52 bits per heavy atom.